The summed E-state index contributed by atoms with van der Waals surface area (Å²) in [7, 11) is 0. The summed E-state index contributed by atoms with van der Waals surface area (Å²) < 4.78 is 2.44. The van der Waals surface area contributed by atoms with Crippen molar-refractivity contribution < 1.29 is 20.1 Å². The summed E-state index contributed by atoms with van der Waals surface area (Å²) >= 11 is 0. The summed E-state index contributed by atoms with van der Waals surface area (Å²) in [4.78, 5) is 4.97. The van der Waals surface area contributed by atoms with Gasteiger partial charge in [0.25, 0.3) is 0 Å². The van der Waals surface area contributed by atoms with Crippen LogP contribution < -0.4 is 0 Å². The Morgan fingerprint density at radius 3 is 1.64 bits per heavy atom. The minimum absolute atomic E-state index is 0. The zero-order valence-electron chi connectivity index (χ0n) is 24.3. The van der Waals surface area contributed by atoms with Crippen molar-refractivity contribution in [3.63, 3.8) is 0 Å². The molecule has 1 aromatic heterocycles. The molecule has 0 saturated heterocycles. The standard InChI is InChI=1S/C39H39N2.Ir/c1-6-16-29(17-7-1)34-28-35(30-18-8-2-9-19-30)37(32-22-12-4-13-23-32)38(36(34)31-20-10-3-11-21-31)41-27-26-40-39(41)33-24-14-5-15-25-33;/h1-2,5-9,14-19,24,26-28,31-32H,3-4,10-13,20-23H2;/q-1;. The van der Waals surface area contributed by atoms with Crippen molar-refractivity contribution in [3.8, 4) is 39.3 Å². The fourth-order valence-corrected chi connectivity index (χ4v) is 7.50. The molecule has 0 amide bonds. The van der Waals surface area contributed by atoms with Crippen LogP contribution in [-0.2, 0) is 20.1 Å². The number of hydrogen-bond donors (Lipinski definition) is 0. The molecule has 2 aliphatic rings. The van der Waals surface area contributed by atoms with E-state index in [2.05, 4.69) is 95.7 Å². The summed E-state index contributed by atoms with van der Waals surface area (Å²) in [6.45, 7) is 0. The van der Waals surface area contributed by atoms with Gasteiger partial charge >= 0.3 is 0 Å². The van der Waals surface area contributed by atoms with Crippen molar-refractivity contribution in [2.45, 2.75) is 76.0 Å². The first-order valence-electron chi connectivity index (χ1n) is 15.7. The van der Waals surface area contributed by atoms with E-state index in [0.717, 1.165) is 11.4 Å². The van der Waals surface area contributed by atoms with E-state index in [1.807, 2.05) is 18.3 Å². The first-order valence-corrected chi connectivity index (χ1v) is 15.7. The van der Waals surface area contributed by atoms with Gasteiger partial charge in [-0.2, -0.15) is 0 Å². The molecule has 2 aliphatic carbocycles. The summed E-state index contributed by atoms with van der Waals surface area (Å²) in [5, 5.41) is 0. The maximum Gasteiger partial charge on any atom is 0.0602 e. The average Bonchev–Trinajstić information content (AvgIpc) is 3.56. The third kappa shape index (κ3) is 5.70. The molecule has 4 aromatic carbocycles. The quantitative estimate of drug-likeness (QED) is 0.159. The summed E-state index contributed by atoms with van der Waals surface area (Å²) in [6.07, 6.45) is 17.1. The molecule has 5 aromatic rings. The Bertz CT molecular complexity index is 1500. The molecule has 0 bridgehead atoms. The third-order valence-corrected chi connectivity index (χ3v) is 9.41. The maximum atomic E-state index is 4.97. The van der Waals surface area contributed by atoms with Crippen LogP contribution in [0.15, 0.2) is 103 Å². The van der Waals surface area contributed by atoms with Crippen LogP contribution in [0, 0.1) is 6.07 Å². The number of rotatable bonds is 6. The minimum atomic E-state index is 0. The van der Waals surface area contributed by atoms with Gasteiger partial charge in [0.1, 0.15) is 0 Å². The van der Waals surface area contributed by atoms with Gasteiger partial charge in [-0.15, -0.1) is 35.9 Å². The van der Waals surface area contributed by atoms with Crippen LogP contribution in [0.25, 0.3) is 39.3 Å². The zero-order valence-corrected chi connectivity index (χ0v) is 26.7. The molecule has 0 aliphatic heterocycles. The monoisotopic (exact) mass is 728 g/mol. The molecule has 0 spiro atoms. The third-order valence-electron chi connectivity index (χ3n) is 9.41. The van der Waals surface area contributed by atoms with Crippen molar-refractivity contribution in [2.24, 2.45) is 0 Å². The Labute approximate surface area is 264 Å². The predicted octanol–water partition coefficient (Wildman–Crippen LogP) is 10.8. The van der Waals surface area contributed by atoms with Gasteiger partial charge in [0.15, 0.2) is 0 Å². The Kier molecular flexibility index (Phi) is 9.18. The fraction of sp³-hybridized carbons (Fsp3) is 0.308. The van der Waals surface area contributed by atoms with E-state index in [-0.39, 0.29) is 20.1 Å². The van der Waals surface area contributed by atoms with Crippen LogP contribution in [0.1, 0.15) is 87.2 Å². The summed E-state index contributed by atoms with van der Waals surface area (Å²) in [6, 6.07) is 36.6. The number of imidazole rings is 1. The molecule has 2 fully saturated rings. The van der Waals surface area contributed by atoms with Crippen molar-refractivity contribution in [2.75, 3.05) is 0 Å². The smallest absolute Gasteiger partial charge is 0.0602 e. The molecular formula is C39H39IrN2-. The van der Waals surface area contributed by atoms with Crippen LogP contribution in [0.3, 0.4) is 0 Å². The van der Waals surface area contributed by atoms with Gasteiger partial charge in [-0.1, -0.05) is 99.2 Å². The van der Waals surface area contributed by atoms with Gasteiger partial charge in [0, 0.05) is 38.2 Å². The second-order valence-electron chi connectivity index (χ2n) is 11.9. The van der Waals surface area contributed by atoms with E-state index < -0.39 is 0 Å². The van der Waals surface area contributed by atoms with Crippen LogP contribution in [0.5, 0.6) is 0 Å². The molecule has 1 heterocycles. The van der Waals surface area contributed by atoms with E-state index in [4.69, 9.17) is 4.98 Å². The minimum Gasteiger partial charge on any atom is -0.339 e. The van der Waals surface area contributed by atoms with Gasteiger partial charge in [0.05, 0.1) is 5.82 Å². The Hall–Kier alpha value is -3.26. The Morgan fingerprint density at radius 2 is 1.14 bits per heavy atom. The van der Waals surface area contributed by atoms with Gasteiger partial charge in [-0.25, -0.2) is 0 Å². The van der Waals surface area contributed by atoms with E-state index in [1.54, 1.807) is 0 Å². The molecule has 42 heavy (non-hydrogen) atoms. The number of benzene rings is 4. The van der Waals surface area contributed by atoms with Crippen molar-refractivity contribution in [1.82, 2.24) is 9.55 Å². The topological polar surface area (TPSA) is 17.8 Å². The van der Waals surface area contributed by atoms with Gasteiger partial charge in [-0.3, -0.25) is 4.98 Å². The first-order chi connectivity index (χ1) is 20.4. The van der Waals surface area contributed by atoms with E-state index in [0.29, 0.717) is 11.8 Å². The molecule has 1 radical (unpaired) electrons. The van der Waals surface area contributed by atoms with Gasteiger partial charge in [-0.05, 0) is 77.0 Å². The van der Waals surface area contributed by atoms with Crippen LogP contribution in [-0.4, -0.2) is 9.55 Å². The van der Waals surface area contributed by atoms with Crippen LogP contribution >= 0.6 is 0 Å². The molecule has 3 heteroatoms. The number of hydrogen-bond acceptors (Lipinski definition) is 1. The van der Waals surface area contributed by atoms with E-state index >= 15 is 0 Å². The number of nitrogens with zero attached hydrogens (tertiary/aromatic N) is 2. The molecule has 215 valence electrons. The van der Waals surface area contributed by atoms with Crippen LogP contribution in [0.2, 0.25) is 0 Å². The molecule has 2 nitrogen and oxygen atoms in total. The van der Waals surface area contributed by atoms with Gasteiger partial charge < -0.3 is 4.57 Å². The second kappa shape index (κ2) is 13.4. The normalized spacial score (nSPS) is 16.2. The largest absolute Gasteiger partial charge is 0.339 e. The Balaban J connectivity index is 0.00000316. The van der Waals surface area contributed by atoms with Crippen molar-refractivity contribution >= 4 is 0 Å². The predicted molar refractivity (Wildman–Crippen MR) is 170 cm³/mol. The van der Waals surface area contributed by atoms with E-state index in [1.165, 1.54) is 103 Å². The maximum absolute atomic E-state index is 4.97. The molecule has 2 saturated carbocycles. The van der Waals surface area contributed by atoms with Crippen molar-refractivity contribution in [3.05, 3.63) is 121 Å². The fourth-order valence-electron chi connectivity index (χ4n) is 7.50. The SMILES string of the molecule is [Ir].[c-]1ccccc1-c1nccn1-c1c(C2CCCCC2)c(-c2ccccc2)cc(-c2ccccc2)c1C1CCCCC1. The van der Waals surface area contributed by atoms with Crippen LogP contribution in [0.4, 0.5) is 0 Å². The van der Waals surface area contributed by atoms with Crippen molar-refractivity contribution in [1.29, 1.82) is 0 Å². The molecule has 0 N–H and O–H groups in total. The number of aromatic nitrogens is 2. The molecule has 0 unspecified atom stereocenters. The summed E-state index contributed by atoms with van der Waals surface area (Å²) in [5.41, 5.74) is 10.9. The van der Waals surface area contributed by atoms with Gasteiger partial charge in [0.2, 0.25) is 0 Å². The first kappa shape index (κ1) is 28.8. The molecular weight excluding hydrogens is 689 g/mol. The summed E-state index contributed by atoms with van der Waals surface area (Å²) in [5.74, 6) is 2.07. The zero-order chi connectivity index (χ0) is 27.4. The second-order valence-corrected chi connectivity index (χ2v) is 11.9. The average molecular weight is 728 g/mol. The molecule has 0 atom stereocenters. The molecule has 7 rings (SSSR count). The van der Waals surface area contributed by atoms with E-state index in [9.17, 15) is 0 Å². The Morgan fingerprint density at radius 1 is 0.619 bits per heavy atom.